The number of halogens is 1. The zero-order chi connectivity index (χ0) is 15.8. The highest BCUT2D eigenvalue weighted by Crippen LogP contribution is 2.34. The van der Waals surface area contributed by atoms with Gasteiger partial charge in [-0.05, 0) is 56.9 Å². The molecule has 1 fully saturated rings. The van der Waals surface area contributed by atoms with E-state index < -0.39 is 5.79 Å². The Kier molecular flexibility index (Phi) is 4.43. The topological polar surface area (TPSA) is 41.5 Å². The minimum atomic E-state index is -1.49. The molecule has 1 saturated heterocycles. The van der Waals surface area contributed by atoms with Crippen LogP contribution in [0.25, 0.3) is 0 Å². The summed E-state index contributed by atoms with van der Waals surface area (Å²) in [5.41, 5.74) is 1.94. The molecular formula is C17H26FNO2. The first-order valence-corrected chi connectivity index (χ1v) is 7.69. The van der Waals surface area contributed by atoms with Gasteiger partial charge in [-0.15, -0.1) is 0 Å². The van der Waals surface area contributed by atoms with Gasteiger partial charge in [-0.1, -0.05) is 13.8 Å². The van der Waals surface area contributed by atoms with Crippen LogP contribution in [0.3, 0.4) is 0 Å². The lowest BCUT2D eigenvalue weighted by Gasteiger charge is -2.46. The van der Waals surface area contributed by atoms with Gasteiger partial charge in [0.2, 0.25) is 5.79 Å². The molecule has 2 unspecified atom stereocenters. The molecule has 0 radical (unpaired) electrons. The molecule has 4 heteroatoms. The van der Waals surface area contributed by atoms with Crippen molar-refractivity contribution in [2.75, 3.05) is 6.61 Å². The predicted molar refractivity (Wildman–Crippen MR) is 81.7 cm³/mol. The van der Waals surface area contributed by atoms with E-state index in [1.54, 1.807) is 0 Å². The van der Waals surface area contributed by atoms with Gasteiger partial charge < -0.3 is 15.2 Å². The smallest absolute Gasteiger partial charge is 0.208 e. The van der Waals surface area contributed by atoms with E-state index in [9.17, 15) is 9.50 Å². The molecule has 2 N–H and O–H groups in total. The number of aryl methyl sites for hydroxylation is 1. The van der Waals surface area contributed by atoms with E-state index in [4.69, 9.17) is 4.74 Å². The van der Waals surface area contributed by atoms with E-state index in [-0.39, 0.29) is 17.4 Å². The summed E-state index contributed by atoms with van der Waals surface area (Å²) in [6, 6.07) is 2.96. The van der Waals surface area contributed by atoms with Gasteiger partial charge in [-0.25, -0.2) is 4.39 Å². The zero-order valence-electron chi connectivity index (χ0n) is 13.6. The van der Waals surface area contributed by atoms with Crippen molar-refractivity contribution >= 4 is 0 Å². The van der Waals surface area contributed by atoms with Crippen LogP contribution in [-0.4, -0.2) is 23.3 Å². The van der Waals surface area contributed by atoms with E-state index >= 15 is 0 Å². The van der Waals surface area contributed by atoms with Gasteiger partial charge >= 0.3 is 0 Å². The zero-order valence-corrected chi connectivity index (χ0v) is 13.6. The first-order valence-electron chi connectivity index (χ1n) is 7.69. The van der Waals surface area contributed by atoms with E-state index in [2.05, 4.69) is 5.32 Å². The lowest BCUT2D eigenvalue weighted by Crippen LogP contribution is -2.63. The average molecular weight is 295 g/mol. The molecule has 0 spiro atoms. The van der Waals surface area contributed by atoms with Gasteiger partial charge in [0.25, 0.3) is 0 Å². The highest BCUT2D eigenvalue weighted by Gasteiger charge is 2.45. The molecule has 1 aliphatic heterocycles. The predicted octanol–water partition coefficient (Wildman–Crippen LogP) is 2.88. The van der Waals surface area contributed by atoms with E-state index in [0.717, 1.165) is 17.5 Å². The van der Waals surface area contributed by atoms with Crippen LogP contribution < -0.4 is 5.32 Å². The van der Waals surface area contributed by atoms with Gasteiger partial charge in [-0.2, -0.15) is 0 Å². The minimum absolute atomic E-state index is 0.207. The van der Waals surface area contributed by atoms with Gasteiger partial charge in [0.05, 0.1) is 12.6 Å². The summed E-state index contributed by atoms with van der Waals surface area (Å²) in [6.07, 6.45) is 1.38. The summed E-state index contributed by atoms with van der Waals surface area (Å²) in [4.78, 5) is 0. The van der Waals surface area contributed by atoms with Crippen molar-refractivity contribution in [3.63, 3.8) is 0 Å². The van der Waals surface area contributed by atoms with Crippen LogP contribution in [0, 0.1) is 5.82 Å². The van der Waals surface area contributed by atoms with Crippen molar-refractivity contribution in [2.45, 2.75) is 64.8 Å². The Labute approximate surface area is 126 Å². The second-order valence-corrected chi connectivity index (χ2v) is 6.54. The lowest BCUT2D eigenvalue weighted by atomic mass is 9.89. The fourth-order valence-corrected chi connectivity index (χ4v) is 3.09. The molecule has 1 aliphatic rings. The van der Waals surface area contributed by atoms with Crippen LogP contribution in [0.1, 0.15) is 51.3 Å². The van der Waals surface area contributed by atoms with Gasteiger partial charge in [-0.3, -0.25) is 0 Å². The van der Waals surface area contributed by atoms with Crippen molar-refractivity contribution in [2.24, 2.45) is 0 Å². The van der Waals surface area contributed by atoms with Crippen molar-refractivity contribution in [1.82, 2.24) is 5.32 Å². The third-order valence-corrected chi connectivity index (χ3v) is 4.28. The van der Waals surface area contributed by atoms with Crippen molar-refractivity contribution in [3.8, 4) is 0 Å². The Hall–Kier alpha value is -0.970. The van der Waals surface area contributed by atoms with Crippen LogP contribution in [0.5, 0.6) is 0 Å². The first-order chi connectivity index (χ1) is 9.73. The largest absolute Gasteiger partial charge is 0.361 e. The van der Waals surface area contributed by atoms with Crippen LogP contribution >= 0.6 is 0 Å². The number of hydrogen-bond acceptors (Lipinski definition) is 3. The first kappa shape index (κ1) is 16.4. The third kappa shape index (κ3) is 2.98. The molecule has 0 aliphatic carbocycles. The maximum Gasteiger partial charge on any atom is 0.208 e. The molecule has 2 rings (SSSR count). The standard InChI is InChI=1S/C17H26FNO2/c1-6-12-8-13(9-15(18)14(12)7-2)17(20)11(3)19-16(4,5)10-21-17/h8-9,11,19-20H,6-7,10H2,1-5H3. The SMILES string of the molecule is CCc1cc(C2(O)OCC(C)(C)NC2C)cc(F)c1CC. The van der Waals surface area contributed by atoms with Crippen molar-refractivity contribution in [3.05, 3.63) is 34.6 Å². The summed E-state index contributed by atoms with van der Waals surface area (Å²) in [7, 11) is 0. The maximum absolute atomic E-state index is 14.3. The fraction of sp³-hybridized carbons (Fsp3) is 0.647. The van der Waals surface area contributed by atoms with Crippen LogP contribution in [0.2, 0.25) is 0 Å². The molecular weight excluding hydrogens is 269 g/mol. The van der Waals surface area contributed by atoms with Gasteiger partial charge in [0.1, 0.15) is 5.82 Å². The second-order valence-electron chi connectivity index (χ2n) is 6.54. The molecule has 0 amide bonds. The van der Waals surface area contributed by atoms with Gasteiger partial charge in [0.15, 0.2) is 0 Å². The number of benzene rings is 1. The molecule has 0 aromatic heterocycles. The third-order valence-electron chi connectivity index (χ3n) is 4.28. The Morgan fingerprint density at radius 3 is 2.52 bits per heavy atom. The molecule has 1 aromatic carbocycles. The van der Waals surface area contributed by atoms with Crippen LogP contribution in [0.4, 0.5) is 4.39 Å². The highest BCUT2D eigenvalue weighted by molar-refractivity contribution is 5.36. The molecule has 118 valence electrons. The Morgan fingerprint density at radius 1 is 1.33 bits per heavy atom. The molecule has 0 bridgehead atoms. The molecule has 1 aromatic rings. The summed E-state index contributed by atoms with van der Waals surface area (Å²) >= 11 is 0. The molecule has 2 atom stereocenters. The number of ether oxygens (including phenoxy) is 1. The lowest BCUT2D eigenvalue weighted by molar-refractivity contribution is -0.263. The van der Waals surface area contributed by atoms with E-state index in [1.807, 2.05) is 40.7 Å². The Bertz CT molecular complexity index is 530. The molecule has 1 heterocycles. The number of hydrogen-bond donors (Lipinski definition) is 2. The molecule has 3 nitrogen and oxygen atoms in total. The number of nitrogens with one attached hydrogen (secondary N) is 1. The number of morpholine rings is 1. The number of rotatable bonds is 3. The van der Waals surface area contributed by atoms with Gasteiger partial charge in [0, 0.05) is 11.1 Å². The second kappa shape index (κ2) is 5.67. The average Bonchev–Trinajstić information content (AvgIpc) is 2.42. The van der Waals surface area contributed by atoms with Crippen molar-refractivity contribution < 1.29 is 14.2 Å². The molecule has 21 heavy (non-hydrogen) atoms. The quantitative estimate of drug-likeness (QED) is 0.901. The van der Waals surface area contributed by atoms with Crippen molar-refractivity contribution in [1.29, 1.82) is 0 Å². The summed E-state index contributed by atoms with van der Waals surface area (Å²) in [6.45, 7) is 10.2. The summed E-state index contributed by atoms with van der Waals surface area (Å²) < 4.78 is 20.0. The normalized spacial score (nSPS) is 28.6. The maximum atomic E-state index is 14.3. The Morgan fingerprint density at radius 2 is 2.00 bits per heavy atom. The number of aliphatic hydroxyl groups is 1. The van der Waals surface area contributed by atoms with E-state index in [0.29, 0.717) is 18.6 Å². The molecule has 0 saturated carbocycles. The monoisotopic (exact) mass is 295 g/mol. The van der Waals surface area contributed by atoms with Crippen LogP contribution in [0.15, 0.2) is 12.1 Å². The fourth-order valence-electron chi connectivity index (χ4n) is 3.09. The summed E-state index contributed by atoms with van der Waals surface area (Å²) in [5.74, 6) is -1.76. The Balaban J connectivity index is 2.44. The van der Waals surface area contributed by atoms with Crippen LogP contribution in [-0.2, 0) is 23.4 Å². The summed E-state index contributed by atoms with van der Waals surface area (Å²) in [5, 5.41) is 14.2. The van der Waals surface area contributed by atoms with E-state index in [1.165, 1.54) is 6.07 Å². The highest BCUT2D eigenvalue weighted by atomic mass is 19.1. The minimum Gasteiger partial charge on any atom is -0.361 e.